The second-order valence-electron chi connectivity index (χ2n) is 5.49. The first-order valence-corrected chi connectivity index (χ1v) is 8.18. The van der Waals surface area contributed by atoms with Crippen LogP contribution in [0.4, 0.5) is 18.9 Å². The molecule has 1 heterocycles. The lowest BCUT2D eigenvalue weighted by atomic mass is 10.2. The van der Waals surface area contributed by atoms with E-state index in [0.717, 1.165) is 6.07 Å². The highest BCUT2D eigenvalue weighted by Crippen LogP contribution is 2.37. The van der Waals surface area contributed by atoms with E-state index in [1.165, 1.54) is 42.5 Å². The minimum Gasteiger partial charge on any atom is -0.457 e. The molecule has 0 saturated heterocycles. The van der Waals surface area contributed by atoms with Gasteiger partial charge in [0.2, 0.25) is 0 Å². The van der Waals surface area contributed by atoms with Crippen LogP contribution in [0.3, 0.4) is 0 Å². The summed E-state index contributed by atoms with van der Waals surface area (Å²) in [6.45, 7) is 0. The molecule has 4 nitrogen and oxygen atoms in total. The average Bonchev–Trinajstić information content (AvgIpc) is 2.63. The van der Waals surface area contributed by atoms with Gasteiger partial charge in [-0.15, -0.1) is 0 Å². The summed E-state index contributed by atoms with van der Waals surface area (Å²) in [5.41, 5.74) is -0.0951. The standard InChI is InChI=1S/C19H13F3N2O2S/c20-19(21,22)15-5-1-2-6-16(15)26-13-9-7-12(8-10-13)24-17(25)14-4-3-11-23-18(14)27/h1-11H,(H,23,27)(H,24,25). The molecule has 27 heavy (non-hydrogen) atoms. The Hall–Kier alpha value is -3.13. The SMILES string of the molecule is O=C(Nc1ccc(Oc2ccccc2C(F)(F)F)cc1)c1ccc[nH]c1=S. The van der Waals surface area contributed by atoms with Crippen molar-refractivity contribution in [3.05, 3.63) is 82.6 Å². The van der Waals surface area contributed by atoms with E-state index in [1.807, 2.05) is 0 Å². The number of halogens is 3. The van der Waals surface area contributed by atoms with Crippen LogP contribution in [-0.4, -0.2) is 10.9 Å². The Kier molecular flexibility index (Phi) is 5.27. The van der Waals surface area contributed by atoms with Crippen LogP contribution in [0.1, 0.15) is 15.9 Å². The van der Waals surface area contributed by atoms with Gasteiger partial charge in [-0.1, -0.05) is 24.4 Å². The summed E-state index contributed by atoms with van der Waals surface area (Å²) in [6, 6.07) is 14.2. The van der Waals surface area contributed by atoms with Gasteiger partial charge in [0, 0.05) is 11.9 Å². The highest BCUT2D eigenvalue weighted by atomic mass is 32.1. The largest absolute Gasteiger partial charge is 0.457 e. The molecular weight excluding hydrogens is 377 g/mol. The fourth-order valence-corrected chi connectivity index (χ4v) is 2.55. The molecule has 0 aliphatic heterocycles. The average molecular weight is 390 g/mol. The maximum Gasteiger partial charge on any atom is 0.419 e. The number of para-hydroxylation sites is 1. The summed E-state index contributed by atoms with van der Waals surface area (Å²) >= 11 is 5.05. The number of benzene rings is 2. The third kappa shape index (κ3) is 4.53. The summed E-state index contributed by atoms with van der Waals surface area (Å²) in [5, 5.41) is 2.66. The number of H-pyrrole nitrogens is 1. The molecule has 3 aromatic rings. The van der Waals surface area contributed by atoms with Gasteiger partial charge >= 0.3 is 6.18 Å². The molecule has 0 spiro atoms. The summed E-state index contributed by atoms with van der Waals surface area (Å²) in [7, 11) is 0. The van der Waals surface area contributed by atoms with Crippen LogP contribution < -0.4 is 10.1 Å². The summed E-state index contributed by atoms with van der Waals surface area (Å²) in [4.78, 5) is 15.0. The molecule has 8 heteroatoms. The zero-order valence-corrected chi connectivity index (χ0v) is 14.5. The molecule has 3 rings (SSSR count). The minimum atomic E-state index is -4.51. The number of carbonyl (C=O) groups is 1. The fraction of sp³-hybridized carbons (Fsp3) is 0.0526. The predicted molar refractivity (Wildman–Crippen MR) is 97.5 cm³/mol. The molecule has 138 valence electrons. The van der Waals surface area contributed by atoms with Crippen molar-refractivity contribution < 1.29 is 22.7 Å². The second-order valence-corrected chi connectivity index (χ2v) is 5.90. The Morgan fingerprint density at radius 3 is 2.37 bits per heavy atom. The number of carbonyl (C=O) groups excluding carboxylic acids is 1. The van der Waals surface area contributed by atoms with Gasteiger partial charge in [0.15, 0.2) is 0 Å². The van der Waals surface area contributed by atoms with Crippen LogP contribution >= 0.6 is 12.2 Å². The summed E-state index contributed by atoms with van der Waals surface area (Å²) in [6.07, 6.45) is -2.90. The third-order valence-corrected chi connectivity index (χ3v) is 3.93. The van der Waals surface area contributed by atoms with Crippen molar-refractivity contribution in [2.45, 2.75) is 6.18 Å². The highest BCUT2D eigenvalue weighted by molar-refractivity contribution is 7.71. The van der Waals surface area contributed by atoms with Crippen molar-refractivity contribution in [1.29, 1.82) is 0 Å². The molecule has 1 aromatic heterocycles. The second kappa shape index (κ2) is 7.63. The van der Waals surface area contributed by atoms with Crippen LogP contribution in [0.15, 0.2) is 66.9 Å². The quantitative estimate of drug-likeness (QED) is 0.553. The van der Waals surface area contributed by atoms with E-state index in [9.17, 15) is 18.0 Å². The molecule has 0 unspecified atom stereocenters. The highest BCUT2D eigenvalue weighted by Gasteiger charge is 2.34. The summed E-state index contributed by atoms with van der Waals surface area (Å²) in [5.74, 6) is -0.480. The van der Waals surface area contributed by atoms with Crippen LogP contribution in [0.5, 0.6) is 11.5 Å². The Morgan fingerprint density at radius 2 is 1.70 bits per heavy atom. The van der Waals surface area contributed by atoms with E-state index in [0.29, 0.717) is 15.9 Å². The molecule has 0 radical (unpaired) electrons. The van der Waals surface area contributed by atoms with Crippen molar-refractivity contribution >= 4 is 23.8 Å². The molecular formula is C19H13F3N2O2S. The molecule has 0 atom stereocenters. The topological polar surface area (TPSA) is 54.1 Å². The maximum absolute atomic E-state index is 13.0. The molecule has 2 aromatic carbocycles. The van der Waals surface area contributed by atoms with E-state index < -0.39 is 17.6 Å². The Morgan fingerprint density at radius 1 is 1.00 bits per heavy atom. The van der Waals surface area contributed by atoms with Crippen molar-refractivity contribution in [3.63, 3.8) is 0 Å². The normalized spacial score (nSPS) is 11.1. The number of amides is 1. The number of hydrogen-bond donors (Lipinski definition) is 2. The number of nitrogens with one attached hydrogen (secondary N) is 2. The predicted octanol–water partition coefficient (Wildman–Crippen LogP) is 5.81. The van der Waals surface area contributed by atoms with Gasteiger partial charge in [0.25, 0.3) is 5.91 Å². The van der Waals surface area contributed by atoms with Gasteiger partial charge in [0.1, 0.15) is 16.1 Å². The first-order valence-electron chi connectivity index (χ1n) is 7.78. The first kappa shape index (κ1) is 18.7. The van der Waals surface area contributed by atoms with Crippen LogP contribution in [0.2, 0.25) is 0 Å². The zero-order valence-electron chi connectivity index (χ0n) is 13.7. The van der Waals surface area contributed by atoms with Crippen molar-refractivity contribution in [1.82, 2.24) is 4.98 Å². The molecule has 2 N–H and O–H groups in total. The smallest absolute Gasteiger partial charge is 0.419 e. The Bertz CT molecular complexity index is 1010. The lowest BCUT2D eigenvalue weighted by Crippen LogP contribution is -2.12. The van der Waals surface area contributed by atoms with Crippen LogP contribution in [0, 0.1) is 4.64 Å². The lowest BCUT2D eigenvalue weighted by Gasteiger charge is -2.13. The number of anilines is 1. The van der Waals surface area contributed by atoms with E-state index in [2.05, 4.69) is 10.3 Å². The molecule has 0 fully saturated rings. The van der Waals surface area contributed by atoms with Gasteiger partial charge in [-0.05, 0) is 48.5 Å². The van der Waals surface area contributed by atoms with Crippen LogP contribution in [0.25, 0.3) is 0 Å². The number of alkyl halides is 3. The van der Waals surface area contributed by atoms with Gasteiger partial charge in [-0.25, -0.2) is 0 Å². The third-order valence-electron chi connectivity index (χ3n) is 3.60. The van der Waals surface area contributed by atoms with Gasteiger partial charge in [0.05, 0.1) is 11.1 Å². The lowest BCUT2D eigenvalue weighted by molar-refractivity contribution is -0.138. The Labute approximate surface area is 157 Å². The van der Waals surface area contributed by atoms with E-state index in [4.69, 9.17) is 17.0 Å². The number of aromatic nitrogens is 1. The molecule has 1 amide bonds. The first-order chi connectivity index (χ1) is 12.8. The van der Waals surface area contributed by atoms with Crippen LogP contribution in [-0.2, 0) is 6.18 Å². The number of pyridine rings is 1. The molecule has 0 aliphatic carbocycles. The van der Waals surface area contributed by atoms with E-state index in [-0.39, 0.29) is 11.5 Å². The molecule has 0 saturated carbocycles. The molecule has 0 aliphatic rings. The Balaban J connectivity index is 1.74. The summed E-state index contributed by atoms with van der Waals surface area (Å²) < 4.78 is 44.7. The number of aromatic amines is 1. The van der Waals surface area contributed by atoms with Gasteiger partial charge in [-0.3, -0.25) is 4.79 Å². The van der Waals surface area contributed by atoms with E-state index >= 15 is 0 Å². The van der Waals surface area contributed by atoms with E-state index in [1.54, 1.807) is 18.3 Å². The minimum absolute atomic E-state index is 0.210. The number of hydrogen-bond acceptors (Lipinski definition) is 3. The van der Waals surface area contributed by atoms with Crippen molar-refractivity contribution in [2.75, 3.05) is 5.32 Å². The maximum atomic E-state index is 13.0. The molecule has 0 bridgehead atoms. The fourth-order valence-electron chi connectivity index (χ4n) is 2.32. The van der Waals surface area contributed by atoms with Crippen molar-refractivity contribution in [2.24, 2.45) is 0 Å². The van der Waals surface area contributed by atoms with Crippen molar-refractivity contribution in [3.8, 4) is 11.5 Å². The number of rotatable bonds is 4. The van der Waals surface area contributed by atoms with Gasteiger partial charge < -0.3 is 15.0 Å². The van der Waals surface area contributed by atoms with Gasteiger partial charge in [-0.2, -0.15) is 13.2 Å². The number of ether oxygens (including phenoxy) is 1. The monoisotopic (exact) mass is 390 g/mol. The zero-order chi connectivity index (χ0) is 19.4.